The van der Waals surface area contributed by atoms with Crippen LogP contribution in [0.1, 0.15) is 49.3 Å². The summed E-state index contributed by atoms with van der Waals surface area (Å²) < 4.78 is 0. The van der Waals surface area contributed by atoms with Crippen molar-refractivity contribution in [3.63, 3.8) is 0 Å². The fourth-order valence-electron chi connectivity index (χ4n) is 5.38. The van der Waals surface area contributed by atoms with Crippen LogP contribution in [0, 0.1) is 5.92 Å². The molecule has 1 saturated carbocycles. The van der Waals surface area contributed by atoms with Gasteiger partial charge in [0.1, 0.15) is 12.1 Å². The number of carbonyl (C=O) groups is 3. The minimum atomic E-state index is -1.12. The molecular weight excluding hydrogens is 438 g/mol. The molecule has 0 aromatic heterocycles. The number of imide groups is 1. The van der Waals surface area contributed by atoms with Gasteiger partial charge >= 0.3 is 6.03 Å². The molecule has 1 N–H and O–H groups in total. The van der Waals surface area contributed by atoms with E-state index in [9.17, 15) is 14.4 Å². The van der Waals surface area contributed by atoms with Crippen LogP contribution in [0.4, 0.5) is 4.79 Å². The molecule has 1 spiro atoms. The van der Waals surface area contributed by atoms with Crippen molar-refractivity contribution in [2.75, 3.05) is 6.54 Å². The molecule has 7 heteroatoms. The van der Waals surface area contributed by atoms with Gasteiger partial charge in [0.25, 0.3) is 5.91 Å². The Morgan fingerprint density at radius 2 is 1.97 bits per heavy atom. The van der Waals surface area contributed by atoms with Crippen LogP contribution in [0.15, 0.2) is 48.5 Å². The average molecular weight is 466 g/mol. The summed E-state index contributed by atoms with van der Waals surface area (Å²) in [6, 6.07) is 14.8. The second-order valence-corrected chi connectivity index (χ2v) is 9.90. The van der Waals surface area contributed by atoms with E-state index in [0.29, 0.717) is 30.3 Å². The summed E-state index contributed by atoms with van der Waals surface area (Å²) in [5.74, 6) is -0.114. The van der Waals surface area contributed by atoms with Crippen LogP contribution >= 0.6 is 11.6 Å². The van der Waals surface area contributed by atoms with Crippen molar-refractivity contribution in [3.05, 3.63) is 70.2 Å². The van der Waals surface area contributed by atoms with Gasteiger partial charge in [-0.2, -0.15) is 0 Å². The van der Waals surface area contributed by atoms with Crippen LogP contribution in [-0.2, 0) is 28.1 Å². The second kappa shape index (κ2) is 8.49. The molecule has 2 atom stereocenters. The number of fused-ring (bicyclic) bond motifs is 2. The predicted molar refractivity (Wildman–Crippen MR) is 125 cm³/mol. The number of nitrogens with one attached hydrogen (secondary N) is 1. The summed E-state index contributed by atoms with van der Waals surface area (Å²) in [4.78, 5) is 42.9. The van der Waals surface area contributed by atoms with Crippen LogP contribution < -0.4 is 5.32 Å². The highest BCUT2D eigenvalue weighted by Crippen LogP contribution is 2.42. The zero-order valence-electron chi connectivity index (χ0n) is 18.7. The highest BCUT2D eigenvalue weighted by atomic mass is 35.5. The first kappa shape index (κ1) is 22.0. The fraction of sp³-hybridized carbons (Fsp3) is 0.423. The van der Waals surface area contributed by atoms with Crippen LogP contribution in [0.5, 0.6) is 0 Å². The molecule has 2 fully saturated rings. The Morgan fingerprint density at radius 3 is 2.67 bits per heavy atom. The number of urea groups is 1. The molecule has 2 unspecified atom stereocenters. The number of halogens is 1. The van der Waals surface area contributed by atoms with Gasteiger partial charge in [-0.3, -0.25) is 14.5 Å². The minimum absolute atomic E-state index is 0.0483. The molecule has 3 aliphatic rings. The Morgan fingerprint density at radius 1 is 1.21 bits per heavy atom. The van der Waals surface area contributed by atoms with Gasteiger partial charge in [0.05, 0.1) is 0 Å². The first-order valence-electron chi connectivity index (χ1n) is 11.7. The van der Waals surface area contributed by atoms with Crippen LogP contribution in [0.2, 0.25) is 5.02 Å². The van der Waals surface area contributed by atoms with E-state index in [1.807, 2.05) is 41.3 Å². The van der Waals surface area contributed by atoms with Crippen LogP contribution in [-0.4, -0.2) is 40.2 Å². The summed E-state index contributed by atoms with van der Waals surface area (Å²) in [6.07, 6.45) is 4.54. The molecule has 1 saturated heterocycles. The Labute approximate surface area is 198 Å². The first-order chi connectivity index (χ1) is 15.9. The van der Waals surface area contributed by atoms with Gasteiger partial charge in [-0.05, 0) is 67.3 Å². The maximum Gasteiger partial charge on any atom is 0.325 e. The van der Waals surface area contributed by atoms with Gasteiger partial charge in [0.2, 0.25) is 5.91 Å². The molecule has 0 bridgehead atoms. The lowest BCUT2D eigenvalue weighted by Gasteiger charge is -2.39. The smallest absolute Gasteiger partial charge is 0.325 e. The fourth-order valence-corrected chi connectivity index (χ4v) is 5.56. The van der Waals surface area contributed by atoms with Gasteiger partial charge in [0, 0.05) is 17.6 Å². The van der Waals surface area contributed by atoms with Crippen molar-refractivity contribution in [2.45, 2.75) is 57.2 Å². The normalized spacial score (nSPS) is 22.8. The SMILES string of the molecule is CC(C1CCC1)N(Cc1ccccc1)C(=O)CN1C(=O)NC2(CCc3ccc(Cl)cc32)C1=O. The Bertz CT molecular complexity index is 1100. The van der Waals surface area contributed by atoms with E-state index in [2.05, 4.69) is 12.2 Å². The first-order valence-corrected chi connectivity index (χ1v) is 12.0. The molecule has 33 heavy (non-hydrogen) atoms. The third-order valence-corrected chi connectivity index (χ3v) is 7.84. The van der Waals surface area contributed by atoms with Gasteiger partial charge in [-0.15, -0.1) is 0 Å². The van der Waals surface area contributed by atoms with Crippen molar-refractivity contribution < 1.29 is 14.4 Å². The number of hydrogen-bond donors (Lipinski definition) is 1. The molecule has 2 aromatic carbocycles. The third kappa shape index (κ3) is 3.80. The molecule has 4 amide bonds. The Kier molecular flexibility index (Phi) is 5.65. The van der Waals surface area contributed by atoms with E-state index in [-0.39, 0.29) is 24.4 Å². The average Bonchev–Trinajstić information content (AvgIpc) is 3.23. The summed E-state index contributed by atoms with van der Waals surface area (Å²) in [5.41, 5.74) is 1.66. The predicted octanol–water partition coefficient (Wildman–Crippen LogP) is 4.25. The second-order valence-electron chi connectivity index (χ2n) is 9.47. The van der Waals surface area contributed by atoms with Crippen molar-refractivity contribution >= 4 is 29.4 Å². The largest absolute Gasteiger partial charge is 0.334 e. The molecule has 5 rings (SSSR count). The molecule has 172 valence electrons. The van der Waals surface area contributed by atoms with E-state index < -0.39 is 11.6 Å². The van der Waals surface area contributed by atoms with Gasteiger partial charge in [0.15, 0.2) is 0 Å². The van der Waals surface area contributed by atoms with Crippen molar-refractivity contribution in [1.29, 1.82) is 0 Å². The lowest BCUT2D eigenvalue weighted by atomic mass is 9.79. The maximum atomic E-state index is 13.5. The van der Waals surface area contributed by atoms with Crippen molar-refractivity contribution in [2.24, 2.45) is 5.92 Å². The van der Waals surface area contributed by atoms with E-state index in [1.165, 1.54) is 6.42 Å². The monoisotopic (exact) mass is 465 g/mol. The number of rotatable bonds is 6. The van der Waals surface area contributed by atoms with Crippen LogP contribution in [0.3, 0.4) is 0 Å². The summed E-state index contributed by atoms with van der Waals surface area (Å²) >= 11 is 6.19. The number of carbonyl (C=O) groups excluding carboxylic acids is 3. The summed E-state index contributed by atoms with van der Waals surface area (Å²) in [5, 5.41) is 3.41. The van der Waals surface area contributed by atoms with Gasteiger partial charge in [-0.25, -0.2) is 4.79 Å². The molecule has 1 heterocycles. The zero-order chi connectivity index (χ0) is 23.2. The number of aryl methyl sites for hydroxylation is 1. The van der Waals surface area contributed by atoms with E-state index in [0.717, 1.165) is 34.4 Å². The molecule has 2 aliphatic carbocycles. The Hall–Kier alpha value is -2.86. The topological polar surface area (TPSA) is 69.7 Å². The number of benzene rings is 2. The minimum Gasteiger partial charge on any atom is -0.334 e. The maximum absolute atomic E-state index is 13.5. The Balaban J connectivity index is 1.38. The number of nitrogens with zero attached hydrogens (tertiary/aromatic N) is 2. The lowest BCUT2D eigenvalue weighted by Crippen LogP contribution is -2.49. The standard InChI is InChI=1S/C26H28ClN3O3/c1-17(19-8-5-9-19)29(15-18-6-3-2-4-7-18)23(31)16-30-24(32)26(28-25(30)33)13-12-20-10-11-21(27)14-22(20)26/h2-4,6-7,10-11,14,17,19H,5,8-9,12-13,15-16H2,1H3,(H,28,33). The molecule has 1 aliphatic heterocycles. The highest BCUT2D eigenvalue weighted by Gasteiger charge is 2.56. The molecule has 0 radical (unpaired) electrons. The third-order valence-electron chi connectivity index (χ3n) is 7.61. The summed E-state index contributed by atoms with van der Waals surface area (Å²) in [7, 11) is 0. The number of hydrogen-bond acceptors (Lipinski definition) is 3. The van der Waals surface area contributed by atoms with Crippen molar-refractivity contribution in [3.8, 4) is 0 Å². The van der Waals surface area contributed by atoms with Gasteiger partial charge < -0.3 is 10.2 Å². The van der Waals surface area contributed by atoms with Gasteiger partial charge in [-0.1, -0.05) is 54.4 Å². The summed E-state index contributed by atoms with van der Waals surface area (Å²) in [6.45, 7) is 2.28. The highest BCUT2D eigenvalue weighted by molar-refractivity contribution is 6.30. The van der Waals surface area contributed by atoms with Crippen molar-refractivity contribution in [1.82, 2.24) is 15.1 Å². The van der Waals surface area contributed by atoms with E-state index >= 15 is 0 Å². The van der Waals surface area contributed by atoms with Crippen LogP contribution in [0.25, 0.3) is 0 Å². The number of amides is 4. The van der Waals surface area contributed by atoms with E-state index in [1.54, 1.807) is 12.1 Å². The van der Waals surface area contributed by atoms with E-state index in [4.69, 9.17) is 11.6 Å². The zero-order valence-corrected chi connectivity index (χ0v) is 19.5. The molecule has 2 aromatic rings. The molecule has 6 nitrogen and oxygen atoms in total. The quantitative estimate of drug-likeness (QED) is 0.648. The molecular formula is C26H28ClN3O3. The lowest BCUT2D eigenvalue weighted by molar-refractivity contribution is -0.142.